The number of carbonyl (C=O) groups excluding carboxylic acids is 1. The molecule has 2 aliphatic heterocycles. The van der Waals surface area contributed by atoms with Crippen LogP contribution in [-0.2, 0) is 0 Å². The number of nitrogens with zero attached hydrogens (tertiary/aromatic N) is 4. The third kappa shape index (κ3) is 5.22. The maximum atomic E-state index is 13.2. The molecule has 2 fully saturated rings. The minimum Gasteiger partial charge on any atom is -0.325 e. The van der Waals surface area contributed by atoms with E-state index in [2.05, 4.69) is 75.7 Å². The lowest BCUT2D eigenvalue weighted by atomic mass is 9.90. The fourth-order valence-electron chi connectivity index (χ4n) is 5.67. The van der Waals surface area contributed by atoms with Crippen LogP contribution >= 0.6 is 11.6 Å². The highest BCUT2D eigenvalue weighted by atomic mass is 35.5. The molecule has 2 amide bonds. The Hall–Kier alpha value is -2.50. The summed E-state index contributed by atoms with van der Waals surface area (Å²) in [4.78, 5) is 19.8. The summed E-state index contributed by atoms with van der Waals surface area (Å²) in [5.41, 5.74) is 2.54. The number of allylic oxidation sites excluding steroid dienone is 2. The molecule has 5 rings (SSSR count). The molecule has 1 aromatic carbocycles. The lowest BCUT2D eigenvalue weighted by molar-refractivity contribution is 0.0932. The molecule has 0 radical (unpaired) electrons. The predicted octanol–water partition coefficient (Wildman–Crippen LogP) is 4.37. The number of amides is 2. The lowest BCUT2D eigenvalue weighted by Gasteiger charge is -2.40. The second-order valence-electron chi connectivity index (χ2n) is 10.3. The first-order valence-corrected chi connectivity index (χ1v) is 13.5. The fourth-order valence-corrected chi connectivity index (χ4v) is 5.80. The van der Waals surface area contributed by atoms with Gasteiger partial charge in [0.1, 0.15) is 0 Å². The van der Waals surface area contributed by atoms with Crippen molar-refractivity contribution in [3.63, 3.8) is 0 Å². The van der Waals surface area contributed by atoms with E-state index < -0.39 is 0 Å². The van der Waals surface area contributed by atoms with Crippen molar-refractivity contribution in [2.75, 3.05) is 39.3 Å². The number of piperazine rings is 1. The van der Waals surface area contributed by atoms with Crippen LogP contribution in [0.5, 0.6) is 0 Å². The van der Waals surface area contributed by atoms with Crippen molar-refractivity contribution < 1.29 is 4.79 Å². The van der Waals surface area contributed by atoms with E-state index in [-0.39, 0.29) is 6.03 Å². The van der Waals surface area contributed by atoms with Gasteiger partial charge in [0.15, 0.2) is 0 Å². The summed E-state index contributed by atoms with van der Waals surface area (Å²) in [5, 5.41) is 3.35. The number of aromatic nitrogens is 1. The van der Waals surface area contributed by atoms with Gasteiger partial charge in [-0.15, -0.1) is 0 Å². The van der Waals surface area contributed by atoms with Gasteiger partial charge in [-0.2, -0.15) is 0 Å². The highest BCUT2D eigenvalue weighted by Gasteiger charge is 2.30. The molecular weight excluding hydrogens is 456 g/mol. The van der Waals surface area contributed by atoms with Gasteiger partial charge in [0.25, 0.3) is 0 Å². The van der Waals surface area contributed by atoms with E-state index in [1.807, 2.05) is 12.1 Å². The van der Waals surface area contributed by atoms with Gasteiger partial charge >= 0.3 is 6.03 Å². The van der Waals surface area contributed by atoms with E-state index in [4.69, 9.17) is 11.6 Å². The van der Waals surface area contributed by atoms with Crippen LogP contribution in [-0.4, -0.2) is 70.6 Å². The Balaban J connectivity index is 1.34. The smallest absolute Gasteiger partial charge is 0.320 e. The van der Waals surface area contributed by atoms with Crippen molar-refractivity contribution in [1.29, 1.82) is 0 Å². The summed E-state index contributed by atoms with van der Waals surface area (Å²) in [6, 6.07) is 8.88. The molecule has 5 nitrogen and oxygen atoms in total. The van der Waals surface area contributed by atoms with E-state index in [1.54, 1.807) is 0 Å². The zero-order valence-corrected chi connectivity index (χ0v) is 21.8. The highest BCUT2D eigenvalue weighted by molar-refractivity contribution is 6.30. The van der Waals surface area contributed by atoms with Gasteiger partial charge < -0.3 is 14.4 Å². The zero-order valence-electron chi connectivity index (χ0n) is 21.0. The van der Waals surface area contributed by atoms with Gasteiger partial charge in [-0.3, -0.25) is 4.90 Å². The molecule has 0 unspecified atom stereocenters. The molecule has 0 atom stereocenters. The number of likely N-dealkylation sites (tertiary alicyclic amines) is 1. The average Bonchev–Trinajstić information content (AvgIpc) is 3.21. The standard InChI is InChI=1S/C29H37ClN4O/c1-22(2)31-17-19-33(20-18-31)29(35)32-15-13-23(14-16-32)27-21-34(25-11-9-24(30)10-12-25)28-8-6-4-3-5-7-26(27)28/h3,5,7-12,21-23H,4,6,13-20H2,1-2H3/b5-3-,26-7-,28-8-. The van der Waals surface area contributed by atoms with Crippen LogP contribution in [0.2, 0.25) is 5.02 Å². The van der Waals surface area contributed by atoms with Crippen molar-refractivity contribution in [2.24, 2.45) is 0 Å². The van der Waals surface area contributed by atoms with E-state index in [0.717, 1.165) is 75.7 Å². The molecular formula is C29H37ClN4O. The molecule has 0 bridgehead atoms. The maximum absolute atomic E-state index is 13.2. The molecule has 3 aliphatic rings. The number of carbonyl (C=O) groups is 1. The van der Waals surface area contributed by atoms with Crippen molar-refractivity contribution in [3.8, 4) is 5.69 Å². The van der Waals surface area contributed by atoms with E-state index in [9.17, 15) is 4.79 Å². The van der Waals surface area contributed by atoms with Gasteiger partial charge in [-0.25, -0.2) is 4.79 Å². The Bertz CT molecular complexity index is 1180. The van der Waals surface area contributed by atoms with Gasteiger partial charge in [0.05, 0.1) is 0 Å². The van der Waals surface area contributed by atoms with Gasteiger partial charge in [0.2, 0.25) is 0 Å². The molecule has 3 heterocycles. The number of benzene rings is 1. The minimum atomic E-state index is 0.226. The van der Waals surface area contributed by atoms with Crippen LogP contribution in [0.1, 0.15) is 51.0 Å². The number of hydrogen-bond acceptors (Lipinski definition) is 2. The zero-order chi connectivity index (χ0) is 24.4. The van der Waals surface area contributed by atoms with E-state index >= 15 is 0 Å². The van der Waals surface area contributed by atoms with Gasteiger partial charge in [-0.05, 0) is 75.3 Å². The normalized spacial score (nSPS) is 22.5. The topological polar surface area (TPSA) is 31.7 Å². The molecule has 6 heteroatoms. The molecule has 35 heavy (non-hydrogen) atoms. The van der Waals surface area contributed by atoms with Gasteiger partial charge in [0, 0.05) is 72.8 Å². The maximum Gasteiger partial charge on any atom is 0.320 e. The summed E-state index contributed by atoms with van der Waals surface area (Å²) in [6.45, 7) is 9.75. The average molecular weight is 493 g/mol. The van der Waals surface area contributed by atoms with E-state index in [1.165, 1.54) is 16.1 Å². The van der Waals surface area contributed by atoms with E-state index in [0.29, 0.717) is 12.0 Å². The first-order valence-electron chi connectivity index (χ1n) is 13.1. The van der Waals surface area contributed by atoms with Crippen LogP contribution in [0.3, 0.4) is 0 Å². The molecule has 0 saturated carbocycles. The Labute approximate surface area is 213 Å². The summed E-state index contributed by atoms with van der Waals surface area (Å²) in [7, 11) is 0. The third-order valence-electron chi connectivity index (χ3n) is 7.81. The Kier molecular flexibility index (Phi) is 7.35. The highest BCUT2D eigenvalue weighted by Crippen LogP contribution is 2.27. The molecule has 0 N–H and O–H groups in total. The number of hydrogen-bond donors (Lipinski definition) is 0. The van der Waals surface area contributed by atoms with Gasteiger partial charge in [-0.1, -0.05) is 35.9 Å². The Morgan fingerprint density at radius 2 is 1.63 bits per heavy atom. The number of rotatable bonds is 3. The van der Waals surface area contributed by atoms with Crippen LogP contribution in [0.4, 0.5) is 4.79 Å². The first-order chi connectivity index (χ1) is 17.0. The van der Waals surface area contributed by atoms with Crippen LogP contribution in [0.25, 0.3) is 17.8 Å². The minimum absolute atomic E-state index is 0.226. The largest absolute Gasteiger partial charge is 0.325 e. The first kappa shape index (κ1) is 24.2. The molecule has 0 spiro atoms. The molecule has 2 saturated heterocycles. The summed E-state index contributed by atoms with van der Waals surface area (Å²) >= 11 is 6.16. The lowest BCUT2D eigenvalue weighted by Crippen LogP contribution is -2.55. The molecule has 2 aromatic rings. The SMILES string of the molecule is CC(C)N1CCN(C(=O)N2CCC(c3cn(-c4ccc(Cl)cc4)c4/c3=C\C=C/CC/C=4)CC2)CC1. The molecule has 186 valence electrons. The third-order valence-corrected chi connectivity index (χ3v) is 8.06. The molecule has 1 aliphatic carbocycles. The summed E-state index contributed by atoms with van der Waals surface area (Å²) in [6.07, 6.45) is 15.5. The fraction of sp³-hybridized carbons (Fsp3) is 0.483. The van der Waals surface area contributed by atoms with Crippen LogP contribution in [0, 0.1) is 0 Å². The van der Waals surface area contributed by atoms with Crippen LogP contribution < -0.4 is 10.6 Å². The van der Waals surface area contributed by atoms with Crippen molar-refractivity contribution in [1.82, 2.24) is 19.3 Å². The Morgan fingerprint density at radius 1 is 0.943 bits per heavy atom. The van der Waals surface area contributed by atoms with Crippen molar-refractivity contribution in [3.05, 3.63) is 63.8 Å². The molecule has 1 aromatic heterocycles. The predicted molar refractivity (Wildman–Crippen MR) is 145 cm³/mol. The van der Waals surface area contributed by atoms with Crippen molar-refractivity contribution in [2.45, 2.75) is 51.5 Å². The number of piperidine rings is 1. The van der Waals surface area contributed by atoms with Crippen molar-refractivity contribution >= 4 is 29.8 Å². The number of urea groups is 1. The quantitative estimate of drug-likeness (QED) is 0.637. The monoisotopic (exact) mass is 492 g/mol. The Morgan fingerprint density at radius 3 is 2.31 bits per heavy atom. The number of fused-ring (bicyclic) bond motifs is 1. The second-order valence-corrected chi connectivity index (χ2v) is 10.7. The van der Waals surface area contributed by atoms with Crippen LogP contribution in [0.15, 0.2) is 42.6 Å². The number of halogens is 1. The second kappa shape index (κ2) is 10.6. The summed E-state index contributed by atoms with van der Waals surface area (Å²) < 4.78 is 2.32. The summed E-state index contributed by atoms with van der Waals surface area (Å²) in [5.74, 6) is 0.455.